The maximum atomic E-state index is 13.4. The van der Waals surface area contributed by atoms with Gasteiger partial charge in [-0.1, -0.05) is 6.07 Å². The molecule has 0 aromatic carbocycles. The van der Waals surface area contributed by atoms with E-state index in [2.05, 4.69) is 37.1 Å². The third kappa shape index (κ3) is 3.34. The van der Waals surface area contributed by atoms with Gasteiger partial charge in [-0.15, -0.1) is 0 Å². The molecule has 6 heteroatoms. The van der Waals surface area contributed by atoms with Gasteiger partial charge in [0.1, 0.15) is 0 Å². The molecule has 2 fully saturated rings. The summed E-state index contributed by atoms with van der Waals surface area (Å²) in [6.07, 6.45) is 9.62. The van der Waals surface area contributed by atoms with Crippen LogP contribution in [0.1, 0.15) is 59.5 Å². The molecule has 2 aromatic heterocycles. The molecule has 2 atom stereocenters. The number of aromatic amines is 1. The number of nitrogens with zero attached hydrogens (tertiary/aromatic N) is 4. The summed E-state index contributed by atoms with van der Waals surface area (Å²) in [5, 5.41) is 7.59. The van der Waals surface area contributed by atoms with E-state index in [0.29, 0.717) is 17.7 Å². The maximum absolute atomic E-state index is 13.4. The van der Waals surface area contributed by atoms with Crippen molar-refractivity contribution < 1.29 is 4.79 Å². The zero-order valence-corrected chi connectivity index (χ0v) is 16.4. The summed E-state index contributed by atoms with van der Waals surface area (Å²) in [7, 11) is 0. The highest BCUT2D eigenvalue weighted by Crippen LogP contribution is 2.33. The average Bonchev–Trinajstić information content (AvgIpc) is 3.17. The number of hydrogen-bond donors (Lipinski definition) is 1. The van der Waals surface area contributed by atoms with Crippen molar-refractivity contribution in [3.05, 3.63) is 47.0 Å². The number of pyridine rings is 1. The topological polar surface area (TPSA) is 65.1 Å². The van der Waals surface area contributed by atoms with Gasteiger partial charge in [-0.25, -0.2) is 0 Å². The van der Waals surface area contributed by atoms with Gasteiger partial charge < -0.3 is 4.90 Å². The quantitative estimate of drug-likeness (QED) is 0.891. The summed E-state index contributed by atoms with van der Waals surface area (Å²) in [6, 6.07) is 6.48. The number of carbonyl (C=O) groups excluding carboxylic acids is 1. The van der Waals surface area contributed by atoms with Crippen LogP contribution in [-0.2, 0) is 19.4 Å². The molecular weight excluding hydrogens is 350 g/mol. The Labute approximate surface area is 166 Å². The molecule has 0 saturated carbocycles. The number of likely N-dealkylation sites (tertiary alicyclic amines) is 2. The van der Waals surface area contributed by atoms with Gasteiger partial charge in [0.05, 0.1) is 5.69 Å². The van der Waals surface area contributed by atoms with Crippen molar-refractivity contribution in [3.8, 4) is 0 Å². The van der Waals surface area contributed by atoms with Gasteiger partial charge in [-0.2, -0.15) is 5.10 Å². The second-order valence-electron chi connectivity index (χ2n) is 8.55. The molecule has 0 spiro atoms. The first-order chi connectivity index (χ1) is 13.8. The van der Waals surface area contributed by atoms with E-state index in [1.54, 1.807) is 0 Å². The van der Waals surface area contributed by atoms with E-state index >= 15 is 0 Å². The molecule has 28 heavy (non-hydrogen) atoms. The van der Waals surface area contributed by atoms with E-state index in [1.807, 2.05) is 12.3 Å². The monoisotopic (exact) mass is 379 g/mol. The molecule has 1 amide bonds. The van der Waals surface area contributed by atoms with Gasteiger partial charge in [0.25, 0.3) is 5.91 Å². The normalized spacial score (nSPS) is 25.2. The average molecular weight is 380 g/mol. The van der Waals surface area contributed by atoms with Gasteiger partial charge in [-0.05, 0) is 63.0 Å². The minimum absolute atomic E-state index is 0.160. The van der Waals surface area contributed by atoms with Gasteiger partial charge >= 0.3 is 0 Å². The lowest BCUT2D eigenvalue weighted by Gasteiger charge is -2.47. The van der Waals surface area contributed by atoms with E-state index in [-0.39, 0.29) is 5.91 Å². The van der Waals surface area contributed by atoms with E-state index in [0.717, 1.165) is 57.6 Å². The highest BCUT2D eigenvalue weighted by Gasteiger charge is 2.39. The van der Waals surface area contributed by atoms with Crippen LogP contribution in [0.4, 0.5) is 0 Å². The first-order valence-corrected chi connectivity index (χ1v) is 10.8. The van der Waals surface area contributed by atoms with Crippen LogP contribution in [-0.4, -0.2) is 56.6 Å². The largest absolute Gasteiger partial charge is 0.334 e. The predicted molar refractivity (Wildman–Crippen MR) is 107 cm³/mol. The Morgan fingerprint density at radius 3 is 2.96 bits per heavy atom. The summed E-state index contributed by atoms with van der Waals surface area (Å²) in [4.78, 5) is 22.5. The van der Waals surface area contributed by atoms with Crippen molar-refractivity contribution in [2.45, 2.75) is 57.5 Å². The standard InChI is InChI=1S/C22H29N5O/c28-22(21-18-8-1-2-9-19(18)24-25-21)27-12-5-6-16-14-26(13-10-20(16)27)15-17-7-3-4-11-23-17/h3-4,7,11,16,20H,1-2,5-6,8-10,12-15H2,(H,24,25)/t16-,20+/m1/s1. The van der Waals surface area contributed by atoms with Crippen LogP contribution in [0.2, 0.25) is 0 Å². The summed E-state index contributed by atoms with van der Waals surface area (Å²) < 4.78 is 0. The molecule has 2 saturated heterocycles. The third-order valence-corrected chi connectivity index (χ3v) is 6.78. The molecule has 148 valence electrons. The maximum Gasteiger partial charge on any atom is 0.274 e. The zero-order chi connectivity index (χ0) is 18.9. The van der Waals surface area contributed by atoms with Crippen molar-refractivity contribution in [3.63, 3.8) is 0 Å². The van der Waals surface area contributed by atoms with Crippen molar-refractivity contribution in [1.82, 2.24) is 25.0 Å². The predicted octanol–water partition coefficient (Wildman–Crippen LogP) is 2.81. The lowest BCUT2D eigenvalue weighted by molar-refractivity contribution is 0.0177. The van der Waals surface area contributed by atoms with Crippen LogP contribution in [0, 0.1) is 5.92 Å². The first-order valence-electron chi connectivity index (χ1n) is 10.8. The number of aryl methyl sites for hydroxylation is 1. The number of fused-ring (bicyclic) bond motifs is 2. The molecule has 6 nitrogen and oxygen atoms in total. The molecule has 3 aliphatic rings. The number of rotatable bonds is 3. The van der Waals surface area contributed by atoms with Gasteiger partial charge in [0.15, 0.2) is 5.69 Å². The van der Waals surface area contributed by atoms with E-state index in [1.165, 1.54) is 30.5 Å². The number of nitrogens with one attached hydrogen (secondary N) is 1. The van der Waals surface area contributed by atoms with E-state index in [9.17, 15) is 4.79 Å². The van der Waals surface area contributed by atoms with Crippen molar-refractivity contribution in [1.29, 1.82) is 0 Å². The van der Waals surface area contributed by atoms with Crippen LogP contribution in [0.3, 0.4) is 0 Å². The SMILES string of the molecule is O=C(c1n[nH]c2c1CCCC2)N1CCC[C@@H]2CN(Cc3ccccn3)CC[C@@H]21. The Kier molecular flexibility index (Phi) is 4.89. The molecular formula is C22H29N5O. The molecule has 1 aliphatic carbocycles. The lowest BCUT2D eigenvalue weighted by atomic mass is 9.83. The Morgan fingerprint density at radius 1 is 1.14 bits per heavy atom. The smallest absolute Gasteiger partial charge is 0.274 e. The number of hydrogen-bond acceptors (Lipinski definition) is 4. The third-order valence-electron chi connectivity index (χ3n) is 6.78. The van der Waals surface area contributed by atoms with Crippen LogP contribution in [0.15, 0.2) is 24.4 Å². The summed E-state index contributed by atoms with van der Waals surface area (Å²) in [5.74, 6) is 0.720. The minimum atomic E-state index is 0.160. The van der Waals surface area contributed by atoms with Crippen molar-refractivity contribution in [2.24, 2.45) is 5.92 Å². The van der Waals surface area contributed by atoms with Crippen molar-refractivity contribution in [2.75, 3.05) is 19.6 Å². The molecule has 2 aliphatic heterocycles. The van der Waals surface area contributed by atoms with Gasteiger partial charge in [-0.3, -0.25) is 19.8 Å². The fourth-order valence-electron chi connectivity index (χ4n) is 5.39. The van der Waals surface area contributed by atoms with E-state index < -0.39 is 0 Å². The Balaban J connectivity index is 1.29. The van der Waals surface area contributed by atoms with Crippen LogP contribution >= 0.6 is 0 Å². The lowest BCUT2D eigenvalue weighted by Crippen LogP contribution is -2.55. The fraction of sp³-hybridized carbons (Fsp3) is 0.591. The summed E-state index contributed by atoms with van der Waals surface area (Å²) >= 11 is 0. The van der Waals surface area contributed by atoms with Gasteiger partial charge in [0.2, 0.25) is 0 Å². The molecule has 1 N–H and O–H groups in total. The van der Waals surface area contributed by atoms with Crippen LogP contribution < -0.4 is 0 Å². The molecule has 0 unspecified atom stereocenters. The fourth-order valence-corrected chi connectivity index (χ4v) is 5.39. The van der Waals surface area contributed by atoms with Crippen LogP contribution in [0.5, 0.6) is 0 Å². The Hall–Kier alpha value is -2.21. The Bertz CT molecular complexity index is 833. The van der Waals surface area contributed by atoms with Crippen LogP contribution in [0.25, 0.3) is 0 Å². The number of amides is 1. The second-order valence-corrected chi connectivity index (χ2v) is 8.55. The number of aromatic nitrogens is 3. The molecule has 4 heterocycles. The van der Waals surface area contributed by atoms with Gasteiger partial charge in [0, 0.05) is 49.7 Å². The zero-order valence-electron chi connectivity index (χ0n) is 16.4. The second kappa shape index (κ2) is 7.66. The molecule has 5 rings (SSSR count). The molecule has 0 radical (unpaired) electrons. The number of carbonyl (C=O) groups is 1. The highest BCUT2D eigenvalue weighted by atomic mass is 16.2. The summed E-state index contributed by atoms with van der Waals surface area (Å²) in [5.41, 5.74) is 4.21. The highest BCUT2D eigenvalue weighted by molar-refractivity contribution is 5.94. The Morgan fingerprint density at radius 2 is 2.07 bits per heavy atom. The summed E-state index contributed by atoms with van der Waals surface area (Å²) in [6.45, 7) is 3.87. The molecule has 2 aromatic rings. The first kappa shape index (κ1) is 17.9. The number of H-pyrrole nitrogens is 1. The van der Waals surface area contributed by atoms with Crippen molar-refractivity contribution >= 4 is 5.91 Å². The number of piperidine rings is 2. The minimum Gasteiger partial charge on any atom is -0.334 e. The molecule has 0 bridgehead atoms. The van der Waals surface area contributed by atoms with E-state index in [4.69, 9.17) is 0 Å².